The molecule has 2 rings (SSSR count). The van der Waals surface area contributed by atoms with Gasteiger partial charge in [-0.25, -0.2) is 0 Å². The van der Waals surface area contributed by atoms with Crippen LogP contribution in [0.1, 0.15) is 44.1 Å². The van der Waals surface area contributed by atoms with Crippen LogP contribution < -0.4 is 11.5 Å². The summed E-state index contributed by atoms with van der Waals surface area (Å²) in [4.78, 5) is 16.4. The summed E-state index contributed by atoms with van der Waals surface area (Å²) in [6, 6.07) is 9.20. The third-order valence-electron chi connectivity index (χ3n) is 4.06. The van der Waals surface area contributed by atoms with Crippen LogP contribution in [0.25, 0.3) is 0 Å². The highest BCUT2D eigenvalue weighted by Crippen LogP contribution is 2.15. The molecule has 0 aromatic heterocycles. The summed E-state index contributed by atoms with van der Waals surface area (Å²) in [7, 11) is 0. The van der Waals surface area contributed by atoms with Crippen LogP contribution in [-0.2, 0) is 16.1 Å². The largest absolute Gasteiger partial charge is 0.460 e. The normalized spacial score (nSPS) is 19.5. The third kappa shape index (κ3) is 6.54. The van der Waals surface area contributed by atoms with E-state index in [1.165, 1.54) is 0 Å². The van der Waals surface area contributed by atoms with Gasteiger partial charge in [0.1, 0.15) is 12.6 Å². The topological polar surface area (TPSA) is 90.7 Å². The van der Waals surface area contributed by atoms with E-state index in [1.54, 1.807) is 0 Å². The highest BCUT2D eigenvalue weighted by atomic mass is 16.5. The Labute approximate surface area is 143 Å². The van der Waals surface area contributed by atoms with Crippen molar-refractivity contribution in [1.29, 1.82) is 0 Å². The second-order valence-corrected chi connectivity index (χ2v) is 6.16. The first-order valence-electron chi connectivity index (χ1n) is 8.58. The zero-order chi connectivity index (χ0) is 17.2. The van der Waals surface area contributed by atoms with Crippen LogP contribution in [0.15, 0.2) is 47.5 Å². The van der Waals surface area contributed by atoms with Gasteiger partial charge >= 0.3 is 5.97 Å². The quantitative estimate of drug-likeness (QED) is 0.594. The van der Waals surface area contributed by atoms with Crippen LogP contribution in [0.4, 0.5) is 0 Å². The fourth-order valence-corrected chi connectivity index (χ4v) is 2.65. The van der Waals surface area contributed by atoms with Gasteiger partial charge in [0, 0.05) is 6.42 Å². The van der Waals surface area contributed by atoms with Gasteiger partial charge in [0.2, 0.25) is 0 Å². The number of nitrogens with two attached hydrogens (primary N) is 2. The van der Waals surface area contributed by atoms with E-state index in [4.69, 9.17) is 16.2 Å². The number of amidine groups is 1. The van der Waals surface area contributed by atoms with Crippen LogP contribution in [0.5, 0.6) is 0 Å². The number of hydrogen-bond acceptors (Lipinski definition) is 5. The van der Waals surface area contributed by atoms with Gasteiger partial charge < -0.3 is 16.2 Å². The van der Waals surface area contributed by atoms with Gasteiger partial charge in [-0.3, -0.25) is 9.79 Å². The van der Waals surface area contributed by atoms with Gasteiger partial charge in [0.25, 0.3) is 0 Å². The van der Waals surface area contributed by atoms with E-state index in [1.807, 2.05) is 42.5 Å². The van der Waals surface area contributed by atoms with Crippen molar-refractivity contribution in [3.05, 3.63) is 48.0 Å². The molecule has 24 heavy (non-hydrogen) atoms. The third-order valence-corrected chi connectivity index (χ3v) is 4.06. The van der Waals surface area contributed by atoms with Gasteiger partial charge in [0.05, 0.1) is 11.9 Å². The summed E-state index contributed by atoms with van der Waals surface area (Å²) in [5.41, 5.74) is 12.7. The maximum atomic E-state index is 11.9. The SMILES string of the molecule is NC1=N[C@@H](C/C=C\C[C@H](N)C(=O)OCc2ccccc2)CCCC1. The maximum absolute atomic E-state index is 11.9. The van der Waals surface area contributed by atoms with E-state index in [-0.39, 0.29) is 18.6 Å². The van der Waals surface area contributed by atoms with E-state index in [2.05, 4.69) is 4.99 Å². The lowest BCUT2D eigenvalue weighted by atomic mass is 10.1. The number of nitrogens with zero attached hydrogens (tertiary/aromatic N) is 1. The maximum Gasteiger partial charge on any atom is 0.323 e. The van der Waals surface area contributed by atoms with Gasteiger partial charge in [0.15, 0.2) is 0 Å². The molecule has 4 N–H and O–H groups in total. The van der Waals surface area contributed by atoms with Gasteiger partial charge in [-0.15, -0.1) is 0 Å². The van der Waals surface area contributed by atoms with Crippen LogP contribution in [0.2, 0.25) is 0 Å². The standard InChI is InChI=1S/C19H27N3O2/c20-17(19(23)24-14-15-8-2-1-3-9-15)12-6-4-10-16-11-5-7-13-18(21)22-16/h1-4,6,8-9,16-17H,5,7,10-14,20H2,(H2,21,22)/b6-4-/t16-,17-/m0/s1. The molecule has 130 valence electrons. The van der Waals surface area contributed by atoms with Gasteiger partial charge in [-0.1, -0.05) is 48.9 Å². The molecule has 0 unspecified atom stereocenters. The smallest absolute Gasteiger partial charge is 0.323 e. The Kier molecular flexibility index (Phi) is 7.49. The average Bonchev–Trinajstić information content (AvgIpc) is 2.81. The molecule has 1 aromatic rings. The van der Waals surface area contributed by atoms with Crippen molar-refractivity contribution >= 4 is 11.8 Å². The number of ether oxygens (including phenoxy) is 1. The van der Waals surface area contributed by atoms with Crippen LogP contribution in [-0.4, -0.2) is 23.9 Å². The molecule has 0 aliphatic carbocycles. The van der Waals surface area contributed by atoms with E-state index in [9.17, 15) is 4.79 Å². The lowest BCUT2D eigenvalue weighted by Crippen LogP contribution is -2.31. The molecule has 5 heteroatoms. The van der Waals surface area contributed by atoms with Crippen LogP contribution in [0.3, 0.4) is 0 Å². The summed E-state index contributed by atoms with van der Waals surface area (Å²) in [5.74, 6) is 0.382. The van der Waals surface area contributed by atoms with Crippen molar-refractivity contribution in [3.63, 3.8) is 0 Å². The molecule has 1 aromatic carbocycles. The van der Waals surface area contributed by atoms with Crippen molar-refractivity contribution in [1.82, 2.24) is 0 Å². The minimum atomic E-state index is -0.632. The molecule has 0 bridgehead atoms. The Morgan fingerprint density at radius 2 is 2.08 bits per heavy atom. The highest BCUT2D eigenvalue weighted by Gasteiger charge is 2.14. The number of carbonyl (C=O) groups excluding carboxylic acids is 1. The number of hydrogen-bond donors (Lipinski definition) is 2. The Balaban J connectivity index is 1.68. The first kappa shape index (κ1) is 18.2. The van der Waals surface area contributed by atoms with E-state index in [0.717, 1.165) is 43.5 Å². The lowest BCUT2D eigenvalue weighted by Gasteiger charge is -2.10. The van der Waals surface area contributed by atoms with Crippen molar-refractivity contribution < 1.29 is 9.53 Å². The Hall–Kier alpha value is -2.14. The molecular formula is C19H27N3O2. The fraction of sp³-hybridized carbons (Fsp3) is 0.474. The number of esters is 1. The summed E-state index contributed by atoms with van der Waals surface area (Å²) in [6.45, 7) is 0.257. The van der Waals surface area contributed by atoms with Gasteiger partial charge in [-0.2, -0.15) is 0 Å². The van der Waals surface area contributed by atoms with Crippen molar-refractivity contribution in [2.24, 2.45) is 16.5 Å². The number of carbonyl (C=O) groups is 1. The molecule has 0 amide bonds. The highest BCUT2D eigenvalue weighted by molar-refractivity contribution is 5.80. The monoisotopic (exact) mass is 329 g/mol. The summed E-state index contributed by atoms with van der Waals surface area (Å²) in [5, 5.41) is 0. The first-order chi connectivity index (χ1) is 11.6. The summed E-state index contributed by atoms with van der Waals surface area (Å²) >= 11 is 0. The average molecular weight is 329 g/mol. The minimum Gasteiger partial charge on any atom is -0.460 e. The molecular weight excluding hydrogens is 302 g/mol. The molecule has 1 aliphatic rings. The Morgan fingerprint density at radius 3 is 2.88 bits per heavy atom. The second kappa shape index (κ2) is 9.88. The molecule has 2 atom stereocenters. The number of rotatable bonds is 7. The summed E-state index contributed by atoms with van der Waals surface area (Å²) in [6.07, 6.45) is 9.53. The number of aliphatic imine (C=N–C) groups is 1. The van der Waals surface area contributed by atoms with Crippen LogP contribution >= 0.6 is 0 Å². The van der Waals surface area contributed by atoms with E-state index in [0.29, 0.717) is 6.42 Å². The molecule has 0 radical (unpaired) electrons. The summed E-state index contributed by atoms with van der Waals surface area (Å²) < 4.78 is 5.23. The zero-order valence-corrected chi connectivity index (χ0v) is 14.1. The van der Waals surface area contributed by atoms with Crippen molar-refractivity contribution in [3.8, 4) is 0 Å². The Bertz CT molecular complexity index is 569. The van der Waals surface area contributed by atoms with Crippen molar-refractivity contribution in [2.45, 2.75) is 57.2 Å². The molecule has 0 fully saturated rings. The zero-order valence-electron chi connectivity index (χ0n) is 14.1. The molecule has 5 nitrogen and oxygen atoms in total. The predicted octanol–water partition coefficient (Wildman–Crippen LogP) is 2.69. The lowest BCUT2D eigenvalue weighted by molar-refractivity contribution is -0.146. The molecule has 1 heterocycles. The first-order valence-corrected chi connectivity index (χ1v) is 8.58. The molecule has 0 saturated heterocycles. The molecule has 0 spiro atoms. The molecule has 0 saturated carbocycles. The van der Waals surface area contributed by atoms with Gasteiger partial charge in [-0.05, 0) is 31.2 Å². The van der Waals surface area contributed by atoms with E-state index >= 15 is 0 Å². The minimum absolute atomic E-state index is 0.255. The van der Waals surface area contributed by atoms with Crippen LogP contribution in [0, 0.1) is 0 Å². The Morgan fingerprint density at radius 1 is 1.29 bits per heavy atom. The molecule has 1 aliphatic heterocycles. The predicted molar refractivity (Wildman–Crippen MR) is 96.5 cm³/mol. The fourth-order valence-electron chi connectivity index (χ4n) is 2.65. The van der Waals surface area contributed by atoms with E-state index < -0.39 is 6.04 Å². The number of benzene rings is 1. The van der Waals surface area contributed by atoms with Crippen molar-refractivity contribution in [2.75, 3.05) is 0 Å². The second-order valence-electron chi connectivity index (χ2n) is 6.16.